The van der Waals surface area contributed by atoms with Gasteiger partial charge < -0.3 is 10.4 Å². The molecular weight excluding hydrogens is 503 g/mol. The van der Waals surface area contributed by atoms with E-state index in [0.717, 1.165) is 49.5 Å². The number of anilines is 1. The molecule has 0 saturated carbocycles. The highest BCUT2D eigenvalue weighted by Gasteiger charge is 2.24. The molecule has 8 heteroatoms. The second-order valence-electron chi connectivity index (χ2n) is 10.4. The fourth-order valence-electron chi connectivity index (χ4n) is 5.38. The highest BCUT2D eigenvalue weighted by Crippen LogP contribution is 2.24. The molecule has 1 fully saturated rings. The number of piperidine rings is 1. The minimum atomic E-state index is -0.608. The third-order valence-electron chi connectivity index (χ3n) is 7.61. The number of phenolic OH excluding ortho intramolecular Hbond substituents is 1. The molecular formula is C32H37FN6O. The van der Waals surface area contributed by atoms with Crippen LogP contribution in [0.3, 0.4) is 0 Å². The number of pyridine rings is 1. The van der Waals surface area contributed by atoms with Gasteiger partial charge in [0.1, 0.15) is 0 Å². The lowest BCUT2D eigenvalue weighted by molar-refractivity contribution is 0.103. The fourth-order valence-corrected chi connectivity index (χ4v) is 5.38. The van der Waals surface area contributed by atoms with Crippen LogP contribution in [0.2, 0.25) is 0 Å². The number of aromatic hydroxyl groups is 1. The van der Waals surface area contributed by atoms with E-state index in [9.17, 15) is 9.50 Å². The van der Waals surface area contributed by atoms with Gasteiger partial charge in [0, 0.05) is 49.8 Å². The molecule has 7 nitrogen and oxygen atoms in total. The van der Waals surface area contributed by atoms with Crippen LogP contribution in [0.4, 0.5) is 10.3 Å². The van der Waals surface area contributed by atoms with E-state index < -0.39 is 5.82 Å². The Balaban J connectivity index is 1.16. The lowest BCUT2D eigenvalue weighted by Crippen LogP contribution is -2.44. The maximum absolute atomic E-state index is 13.6. The smallest absolute Gasteiger partial charge is 0.223 e. The van der Waals surface area contributed by atoms with Crippen molar-refractivity contribution in [1.82, 2.24) is 24.8 Å². The van der Waals surface area contributed by atoms with Crippen LogP contribution in [0.25, 0.3) is 11.3 Å². The summed E-state index contributed by atoms with van der Waals surface area (Å²) in [6.07, 6.45) is 8.45. The second kappa shape index (κ2) is 13.5. The number of nitrogens with one attached hydrogen (secondary N) is 1. The molecule has 1 saturated heterocycles. The zero-order chi connectivity index (χ0) is 27.7. The van der Waals surface area contributed by atoms with Crippen LogP contribution in [0, 0.1) is 5.82 Å². The molecule has 0 spiro atoms. The average molecular weight is 541 g/mol. The summed E-state index contributed by atoms with van der Waals surface area (Å²) in [5.41, 5.74) is 5.33. The lowest BCUT2D eigenvalue weighted by atomic mass is 10.0. The van der Waals surface area contributed by atoms with E-state index >= 15 is 0 Å². The molecule has 1 aliphatic rings. The summed E-state index contributed by atoms with van der Waals surface area (Å²) in [4.78, 5) is 18.3. The van der Waals surface area contributed by atoms with Crippen molar-refractivity contribution in [2.24, 2.45) is 0 Å². The minimum Gasteiger partial charge on any atom is -0.505 e. The Morgan fingerprint density at radius 2 is 1.80 bits per heavy atom. The molecule has 5 rings (SSSR count). The number of hydrogen-bond donors (Lipinski definition) is 2. The number of halogens is 1. The first-order valence-electron chi connectivity index (χ1n) is 14.1. The van der Waals surface area contributed by atoms with Crippen molar-refractivity contribution in [2.45, 2.75) is 45.3 Å². The van der Waals surface area contributed by atoms with Crippen LogP contribution in [0.1, 0.15) is 36.5 Å². The van der Waals surface area contributed by atoms with Gasteiger partial charge in [-0.3, -0.25) is 14.8 Å². The Morgan fingerprint density at radius 1 is 0.975 bits per heavy atom. The molecule has 0 aliphatic carbocycles. The quantitative estimate of drug-likeness (QED) is 0.259. The van der Waals surface area contributed by atoms with E-state index in [0.29, 0.717) is 25.0 Å². The molecule has 2 N–H and O–H groups in total. The number of phenols is 1. The molecule has 40 heavy (non-hydrogen) atoms. The summed E-state index contributed by atoms with van der Waals surface area (Å²) in [6.45, 7) is 7.96. The van der Waals surface area contributed by atoms with Gasteiger partial charge in [-0.1, -0.05) is 31.2 Å². The minimum absolute atomic E-state index is 0.334. The van der Waals surface area contributed by atoms with Gasteiger partial charge in [0.15, 0.2) is 11.6 Å². The SMILES string of the molecule is CCN(Cc1cccc(-c2ccnc(NCCc3ccc(O)c(F)c3)n2)c1)C1CCN(Cc2ccncc2)CC1. The number of aromatic nitrogens is 3. The van der Waals surface area contributed by atoms with Crippen molar-refractivity contribution >= 4 is 5.95 Å². The molecule has 0 radical (unpaired) electrons. The molecule has 4 aromatic rings. The van der Waals surface area contributed by atoms with Crippen LogP contribution in [-0.2, 0) is 19.5 Å². The van der Waals surface area contributed by atoms with E-state index in [-0.39, 0.29) is 5.75 Å². The average Bonchev–Trinajstić information content (AvgIpc) is 2.99. The van der Waals surface area contributed by atoms with E-state index in [1.54, 1.807) is 12.3 Å². The van der Waals surface area contributed by atoms with Crippen molar-refractivity contribution in [1.29, 1.82) is 0 Å². The zero-order valence-electron chi connectivity index (χ0n) is 23.0. The van der Waals surface area contributed by atoms with Crippen LogP contribution < -0.4 is 5.32 Å². The van der Waals surface area contributed by atoms with E-state index in [1.807, 2.05) is 18.5 Å². The van der Waals surface area contributed by atoms with Crippen molar-refractivity contribution < 1.29 is 9.50 Å². The molecule has 0 amide bonds. The molecule has 208 valence electrons. The molecule has 0 bridgehead atoms. The van der Waals surface area contributed by atoms with Crippen LogP contribution in [-0.4, -0.2) is 62.1 Å². The summed E-state index contributed by atoms with van der Waals surface area (Å²) in [5.74, 6) is -0.404. The number of likely N-dealkylation sites (tertiary alicyclic amines) is 1. The maximum atomic E-state index is 13.6. The second-order valence-corrected chi connectivity index (χ2v) is 10.4. The van der Waals surface area contributed by atoms with Gasteiger partial charge in [0.2, 0.25) is 5.95 Å². The van der Waals surface area contributed by atoms with Crippen molar-refractivity contribution in [2.75, 3.05) is 31.5 Å². The summed E-state index contributed by atoms with van der Waals surface area (Å²) < 4.78 is 13.6. The standard InChI is InChI=1S/C32H37FN6O/c1-2-39(28-12-18-38(19-13-28)22-25-8-14-34-15-9-25)23-26-4-3-5-27(20-26)30-11-17-36-32(37-30)35-16-10-24-6-7-31(40)29(33)21-24/h3-9,11,14-15,17,20-21,28,40H,2,10,12-13,16,18-19,22-23H2,1H3,(H,35,36,37). The van der Waals surface area contributed by atoms with Gasteiger partial charge in [-0.25, -0.2) is 14.4 Å². The molecule has 0 unspecified atom stereocenters. The summed E-state index contributed by atoms with van der Waals surface area (Å²) >= 11 is 0. The fraction of sp³-hybridized carbons (Fsp3) is 0.344. The Hall–Kier alpha value is -3.88. The Bertz CT molecular complexity index is 1380. The van der Waals surface area contributed by atoms with Crippen molar-refractivity contribution in [3.63, 3.8) is 0 Å². The molecule has 1 aliphatic heterocycles. The van der Waals surface area contributed by atoms with Gasteiger partial charge in [0.25, 0.3) is 0 Å². The lowest BCUT2D eigenvalue weighted by Gasteiger charge is -2.38. The highest BCUT2D eigenvalue weighted by molar-refractivity contribution is 5.61. The Kier molecular flexibility index (Phi) is 9.31. The van der Waals surface area contributed by atoms with Gasteiger partial charge >= 0.3 is 0 Å². The molecule has 2 aromatic heterocycles. The normalized spacial score (nSPS) is 14.5. The van der Waals surface area contributed by atoms with Crippen LogP contribution in [0.15, 0.2) is 79.3 Å². The molecule has 0 atom stereocenters. The van der Waals surface area contributed by atoms with E-state index in [1.165, 1.54) is 36.1 Å². The van der Waals surface area contributed by atoms with E-state index in [4.69, 9.17) is 4.98 Å². The summed E-state index contributed by atoms with van der Waals surface area (Å²) in [7, 11) is 0. The third-order valence-corrected chi connectivity index (χ3v) is 7.61. The van der Waals surface area contributed by atoms with Crippen LogP contribution in [0.5, 0.6) is 5.75 Å². The Morgan fingerprint density at radius 3 is 2.58 bits per heavy atom. The zero-order valence-corrected chi connectivity index (χ0v) is 23.0. The Labute approximate surface area is 235 Å². The van der Waals surface area contributed by atoms with Gasteiger partial charge in [0.05, 0.1) is 5.69 Å². The number of rotatable bonds is 11. The first kappa shape index (κ1) is 27.7. The van der Waals surface area contributed by atoms with Gasteiger partial charge in [-0.2, -0.15) is 0 Å². The topological polar surface area (TPSA) is 77.4 Å². The van der Waals surface area contributed by atoms with Crippen molar-refractivity contribution in [3.8, 4) is 17.0 Å². The third kappa shape index (κ3) is 7.40. The van der Waals surface area contributed by atoms with Gasteiger partial charge in [-0.05, 0) is 92.0 Å². The molecule has 2 aromatic carbocycles. The predicted octanol–water partition coefficient (Wildman–Crippen LogP) is 5.52. The van der Waals surface area contributed by atoms with Gasteiger partial charge in [-0.15, -0.1) is 0 Å². The first-order valence-corrected chi connectivity index (χ1v) is 14.1. The number of benzene rings is 2. The van der Waals surface area contributed by atoms with Crippen molar-refractivity contribution in [3.05, 3.63) is 102 Å². The van der Waals surface area contributed by atoms with Crippen LogP contribution >= 0.6 is 0 Å². The number of hydrogen-bond acceptors (Lipinski definition) is 7. The monoisotopic (exact) mass is 540 g/mol. The summed E-state index contributed by atoms with van der Waals surface area (Å²) in [5, 5.41) is 12.6. The summed E-state index contributed by atoms with van der Waals surface area (Å²) in [6, 6.07) is 19.8. The van der Waals surface area contributed by atoms with E-state index in [2.05, 4.69) is 68.4 Å². The molecule has 3 heterocycles. The number of nitrogens with zero attached hydrogens (tertiary/aromatic N) is 5. The first-order chi connectivity index (χ1) is 19.6. The highest BCUT2D eigenvalue weighted by atomic mass is 19.1. The largest absolute Gasteiger partial charge is 0.505 e. The maximum Gasteiger partial charge on any atom is 0.223 e. The predicted molar refractivity (Wildman–Crippen MR) is 156 cm³/mol.